The zero-order chi connectivity index (χ0) is 21.0. The average Bonchev–Trinajstić information content (AvgIpc) is 3.38. The minimum absolute atomic E-state index is 0.123. The van der Waals surface area contributed by atoms with Crippen LogP contribution in [0.15, 0.2) is 28.1 Å². The summed E-state index contributed by atoms with van der Waals surface area (Å²) in [7, 11) is 1.23. The van der Waals surface area contributed by atoms with E-state index in [1.54, 1.807) is 18.3 Å². The number of piperidine rings is 1. The van der Waals surface area contributed by atoms with Crippen molar-refractivity contribution in [1.82, 2.24) is 14.9 Å². The van der Waals surface area contributed by atoms with Gasteiger partial charge >= 0.3 is 6.09 Å². The third-order valence-corrected chi connectivity index (χ3v) is 6.51. The number of piperazine rings is 1. The molecule has 2 bridgehead atoms. The number of hydrogen-bond acceptors (Lipinski definition) is 7. The van der Waals surface area contributed by atoms with Crippen LogP contribution in [0.1, 0.15) is 18.1 Å². The first-order valence-electron chi connectivity index (χ1n) is 9.38. The molecule has 3 fully saturated rings. The van der Waals surface area contributed by atoms with Crippen LogP contribution in [0.3, 0.4) is 0 Å². The molecule has 6 rings (SSSR count). The number of benzene rings is 1. The van der Waals surface area contributed by atoms with Crippen LogP contribution in [0.2, 0.25) is 0 Å². The van der Waals surface area contributed by atoms with E-state index in [2.05, 4.69) is 9.97 Å². The fourth-order valence-electron chi connectivity index (χ4n) is 4.35. The Morgan fingerprint density at radius 3 is 2.73 bits per heavy atom. The van der Waals surface area contributed by atoms with E-state index in [4.69, 9.17) is 9.15 Å². The number of ether oxygens (including phenoxy) is 1. The zero-order valence-electron chi connectivity index (χ0n) is 15.9. The maximum atomic E-state index is 13.6. The number of oxazole rings is 1. The van der Waals surface area contributed by atoms with Gasteiger partial charge in [-0.3, -0.25) is 4.90 Å². The molecule has 1 N–H and O–H groups in total. The second-order valence-electron chi connectivity index (χ2n) is 7.34. The normalized spacial score (nSPS) is 21.9. The molecular formula is C19H18F2N4O4S. The zero-order valence-corrected chi connectivity index (χ0v) is 16.7. The van der Waals surface area contributed by atoms with Crippen molar-refractivity contribution in [3.8, 4) is 10.6 Å². The quantitative estimate of drug-likeness (QED) is 0.650. The fraction of sp³-hybridized carbons (Fsp3) is 0.421. The largest absolute Gasteiger partial charge is 0.465 e. The van der Waals surface area contributed by atoms with E-state index in [0.29, 0.717) is 40.8 Å². The molecule has 3 aliphatic heterocycles. The van der Waals surface area contributed by atoms with E-state index in [-0.39, 0.29) is 17.6 Å². The summed E-state index contributed by atoms with van der Waals surface area (Å²) in [6, 6.07) is 3.31. The van der Waals surface area contributed by atoms with Gasteiger partial charge in [0.1, 0.15) is 16.6 Å². The van der Waals surface area contributed by atoms with Crippen LogP contribution in [-0.2, 0) is 4.74 Å². The minimum atomic E-state index is -2.73. The average molecular weight is 436 g/mol. The van der Waals surface area contributed by atoms with Crippen LogP contribution in [0.4, 0.5) is 19.6 Å². The summed E-state index contributed by atoms with van der Waals surface area (Å²) in [5.74, 6) is 0. The Kier molecular flexibility index (Phi) is 4.58. The number of methoxy groups -OCH3 is 1. The summed E-state index contributed by atoms with van der Waals surface area (Å²) in [6.07, 6.45) is -2.63. The van der Waals surface area contributed by atoms with Crippen molar-refractivity contribution in [3.63, 3.8) is 0 Å². The van der Waals surface area contributed by atoms with Crippen LogP contribution >= 0.6 is 11.3 Å². The SMILES string of the molecule is COC(c1ccc(-c2nccs2)c2oc(N3CC4CC(C3)N4C(=O)O)nc12)C(F)F. The highest BCUT2D eigenvalue weighted by molar-refractivity contribution is 7.13. The lowest BCUT2D eigenvalue weighted by atomic mass is 9.88. The molecule has 0 radical (unpaired) electrons. The molecule has 0 saturated carbocycles. The molecule has 2 aromatic heterocycles. The van der Waals surface area contributed by atoms with Gasteiger partial charge < -0.3 is 19.2 Å². The Labute approximate surface area is 173 Å². The highest BCUT2D eigenvalue weighted by Crippen LogP contribution is 2.40. The molecular weight excluding hydrogens is 418 g/mol. The number of halogens is 2. The lowest BCUT2D eigenvalue weighted by Crippen LogP contribution is -2.70. The van der Waals surface area contributed by atoms with Crippen molar-refractivity contribution in [3.05, 3.63) is 29.3 Å². The molecule has 30 heavy (non-hydrogen) atoms. The maximum Gasteiger partial charge on any atom is 0.407 e. The van der Waals surface area contributed by atoms with Gasteiger partial charge in [0.2, 0.25) is 0 Å². The van der Waals surface area contributed by atoms with Crippen LogP contribution in [0.25, 0.3) is 21.7 Å². The Bertz CT molecular complexity index is 1080. The number of rotatable bonds is 5. The molecule has 1 amide bonds. The summed E-state index contributed by atoms with van der Waals surface area (Å²) < 4.78 is 38.2. The van der Waals surface area contributed by atoms with Gasteiger partial charge in [-0.2, -0.15) is 4.98 Å². The van der Waals surface area contributed by atoms with Gasteiger partial charge in [0, 0.05) is 37.3 Å². The molecule has 3 saturated heterocycles. The van der Waals surface area contributed by atoms with E-state index in [0.717, 1.165) is 6.42 Å². The van der Waals surface area contributed by atoms with Gasteiger partial charge in [-0.25, -0.2) is 18.6 Å². The van der Waals surface area contributed by atoms with Crippen LogP contribution in [-0.4, -0.2) is 64.8 Å². The number of aromatic nitrogens is 2. The first-order valence-corrected chi connectivity index (χ1v) is 10.3. The van der Waals surface area contributed by atoms with Crippen molar-refractivity contribution in [2.24, 2.45) is 0 Å². The third-order valence-electron chi connectivity index (χ3n) is 5.70. The van der Waals surface area contributed by atoms with Crippen molar-refractivity contribution in [2.45, 2.75) is 31.0 Å². The first kappa shape index (κ1) is 19.2. The van der Waals surface area contributed by atoms with Crippen molar-refractivity contribution >= 4 is 34.5 Å². The van der Waals surface area contributed by atoms with Crippen LogP contribution in [0, 0.1) is 0 Å². The number of carboxylic acid groups (broad SMARTS) is 1. The number of alkyl halides is 2. The second kappa shape index (κ2) is 7.17. The fourth-order valence-corrected chi connectivity index (χ4v) is 5.01. The predicted octanol–water partition coefficient (Wildman–Crippen LogP) is 3.84. The number of nitrogens with zero attached hydrogens (tertiary/aromatic N) is 4. The van der Waals surface area contributed by atoms with Crippen molar-refractivity contribution in [1.29, 1.82) is 0 Å². The molecule has 3 unspecified atom stereocenters. The van der Waals surface area contributed by atoms with Crippen LogP contribution < -0.4 is 4.90 Å². The standard InChI is InChI=1S/C19H18F2N4O4S/c1-28-15(16(20)21)11-2-3-12(17-22-4-5-30-17)14-13(11)23-18(29-14)24-7-9-6-10(8-24)25(9)19(26)27/h2-5,9-10,15-16H,6-8H2,1H3,(H,26,27). The molecule has 0 spiro atoms. The lowest BCUT2D eigenvalue weighted by Gasteiger charge is -2.54. The number of thiazole rings is 1. The molecule has 8 nitrogen and oxygen atoms in total. The van der Waals surface area contributed by atoms with Gasteiger partial charge in [-0.05, 0) is 12.5 Å². The molecule has 3 aromatic rings. The Balaban J connectivity index is 1.58. The minimum Gasteiger partial charge on any atom is -0.465 e. The summed E-state index contributed by atoms with van der Waals surface area (Å²) in [5.41, 5.74) is 1.58. The van der Waals surface area contributed by atoms with Crippen LogP contribution in [0.5, 0.6) is 0 Å². The Hall–Kier alpha value is -2.79. The monoisotopic (exact) mass is 436 g/mol. The molecule has 5 heterocycles. The first-order chi connectivity index (χ1) is 14.5. The van der Waals surface area contributed by atoms with E-state index in [1.807, 2.05) is 10.3 Å². The number of fused-ring (bicyclic) bond motifs is 3. The molecule has 158 valence electrons. The van der Waals surface area contributed by atoms with Crippen molar-refractivity contribution < 1.29 is 27.8 Å². The van der Waals surface area contributed by atoms with Gasteiger partial charge in [0.25, 0.3) is 12.4 Å². The molecule has 1 aromatic carbocycles. The molecule has 3 atom stereocenters. The Morgan fingerprint density at radius 2 is 2.13 bits per heavy atom. The van der Waals surface area contributed by atoms with E-state index >= 15 is 0 Å². The lowest BCUT2D eigenvalue weighted by molar-refractivity contribution is -0.0335. The smallest absolute Gasteiger partial charge is 0.407 e. The number of carbonyl (C=O) groups is 1. The van der Waals surface area contributed by atoms with E-state index < -0.39 is 18.6 Å². The summed E-state index contributed by atoms with van der Waals surface area (Å²) in [4.78, 5) is 23.5. The van der Waals surface area contributed by atoms with Gasteiger partial charge in [0.15, 0.2) is 5.58 Å². The number of amides is 1. The summed E-state index contributed by atoms with van der Waals surface area (Å²) >= 11 is 1.41. The maximum absolute atomic E-state index is 13.6. The third kappa shape index (κ3) is 2.91. The van der Waals surface area contributed by atoms with E-state index in [1.165, 1.54) is 23.3 Å². The van der Waals surface area contributed by atoms with Gasteiger partial charge in [-0.15, -0.1) is 11.3 Å². The molecule has 3 aliphatic rings. The van der Waals surface area contributed by atoms with Crippen molar-refractivity contribution in [2.75, 3.05) is 25.1 Å². The Morgan fingerprint density at radius 1 is 1.37 bits per heavy atom. The number of hydrogen-bond donors (Lipinski definition) is 1. The second-order valence-corrected chi connectivity index (χ2v) is 8.24. The molecule has 0 aliphatic carbocycles. The number of anilines is 1. The highest BCUT2D eigenvalue weighted by atomic mass is 32.1. The summed E-state index contributed by atoms with van der Waals surface area (Å²) in [6.45, 7) is 0.889. The van der Waals surface area contributed by atoms with E-state index in [9.17, 15) is 18.7 Å². The molecule has 11 heteroatoms. The summed E-state index contributed by atoms with van der Waals surface area (Å²) in [5, 5.41) is 11.8. The predicted molar refractivity (Wildman–Crippen MR) is 105 cm³/mol. The topological polar surface area (TPSA) is 91.9 Å². The highest BCUT2D eigenvalue weighted by Gasteiger charge is 2.48. The van der Waals surface area contributed by atoms with Gasteiger partial charge in [-0.1, -0.05) is 6.07 Å². The van der Waals surface area contributed by atoms with Gasteiger partial charge in [0.05, 0.1) is 17.6 Å².